The normalized spacial score (nSPS) is 15.8. The standard InChI is InChI=1S/C20H25N3O7S/c1-3-29-16-7-6-15(13-18(16)31(26,27)23-8-11-28-12-9-23)22-19(24)14(2)21-20(25)17-5-4-10-30-17/h4-7,10,13-14H,3,8-9,11-12H2,1-2H3,(H,21,25)(H,22,24)/t14-/m0/s1. The molecular formula is C20H25N3O7S. The van der Waals surface area contributed by atoms with Crippen LogP contribution in [-0.4, -0.2) is 63.5 Å². The van der Waals surface area contributed by atoms with Crippen LogP contribution in [0.1, 0.15) is 24.4 Å². The second-order valence-corrected chi connectivity index (χ2v) is 8.68. The van der Waals surface area contributed by atoms with Crippen molar-refractivity contribution < 1.29 is 31.9 Å². The molecule has 0 unspecified atom stereocenters. The van der Waals surface area contributed by atoms with Crippen molar-refractivity contribution >= 4 is 27.5 Å². The minimum absolute atomic E-state index is 0.0404. The summed E-state index contributed by atoms with van der Waals surface area (Å²) in [5.41, 5.74) is 0.263. The highest BCUT2D eigenvalue weighted by Crippen LogP contribution is 2.30. The van der Waals surface area contributed by atoms with Crippen LogP contribution in [-0.2, 0) is 19.6 Å². The molecule has 11 heteroatoms. The van der Waals surface area contributed by atoms with Crippen LogP contribution in [0.3, 0.4) is 0 Å². The molecule has 2 amide bonds. The molecule has 1 aromatic heterocycles. The van der Waals surface area contributed by atoms with Crippen molar-refractivity contribution in [2.45, 2.75) is 24.8 Å². The molecule has 168 valence electrons. The zero-order valence-corrected chi connectivity index (χ0v) is 18.1. The highest BCUT2D eigenvalue weighted by Gasteiger charge is 2.30. The Morgan fingerprint density at radius 1 is 1.23 bits per heavy atom. The summed E-state index contributed by atoms with van der Waals surface area (Å²) in [5, 5.41) is 5.15. The van der Waals surface area contributed by atoms with Crippen molar-refractivity contribution in [2.75, 3.05) is 38.2 Å². The molecule has 0 bridgehead atoms. The van der Waals surface area contributed by atoms with E-state index in [1.54, 1.807) is 19.1 Å². The predicted octanol–water partition coefficient (Wildman–Crippen LogP) is 1.46. The third-order valence-corrected chi connectivity index (χ3v) is 6.50. The van der Waals surface area contributed by atoms with Gasteiger partial charge in [-0.1, -0.05) is 0 Å². The van der Waals surface area contributed by atoms with Crippen LogP contribution in [0.15, 0.2) is 45.9 Å². The van der Waals surface area contributed by atoms with Crippen molar-refractivity contribution in [3.05, 3.63) is 42.4 Å². The van der Waals surface area contributed by atoms with Gasteiger partial charge >= 0.3 is 0 Å². The number of nitrogens with one attached hydrogen (secondary N) is 2. The van der Waals surface area contributed by atoms with Gasteiger partial charge < -0.3 is 24.5 Å². The smallest absolute Gasteiger partial charge is 0.287 e. The summed E-state index contributed by atoms with van der Waals surface area (Å²) < 4.78 is 43.3. The van der Waals surface area contributed by atoms with E-state index in [1.165, 1.54) is 35.7 Å². The summed E-state index contributed by atoms with van der Waals surface area (Å²) in [7, 11) is -3.85. The summed E-state index contributed by atoms with van der Waals surface area (Å²) in [6.45, 7) is 4.65. The van der Waals surface area contributed by atoms with E-state index in [4.69, 9.17) is 13.9 Å². The lowest BCUT2D eigenvalue weighted by atomic mass is 10.2. The number of furan rings is 1. The van der Waals surface area contributed by atoms with E-state index in [0.29, 0.717) is 13.2 Å². The molecule has 1 aliphatic heterocycles. The first-order chi connectivity index (χ1) is 14.8. The molecule has 2 heterocycles. The van der Waals surface area contributed by atoms with Gasteiger partial charge in [0.15, 0.2) is 5.76 Å². The Morgan fingerprint density at radius 2 is 1.97 bits per heavy atom. The third kappa shape index (κ3) is 5.43. The highest BCUT2D eigenvalue weighted by molar-refractivity contribution is 7.89. The van der Waals surface area contributed by atoms with E-state index < -0.39 is 27.9 Å². The molecule has 10 nitrogen and oxygen atoms in total. The zero-order valence-electron chi connectivity index (χ0n) is 17.3. The van der Waals surface area contributed by atoms with Gasteiger partial charge in [-0.05, 0) is 44.2 Å². The zero-order chi connectivity index (χ0) is 22.4. The second-order valence-electron chi connectivity index (χ2n) is 6.77. The fraction of sp³-hybridized carbons (Fsp3) is 0.400. The molecule has 3 rings (SSSR count). The monoisotopic (exact) mass is 451 g/mol. The molecule has 1 atom stereocenters. The Balaban J connectivity index is 1.77. The lowest BCUT2D eigenvalue weighted by Gasteiger charge is -2.27. The number of morpholine rings is 1. The van der Waals surface area contributed by atoms with Crippen molar-refractivity contribution in [3.8, 4) is 5.75 Å². The molecule has 0 saturated carbocycles. The summed E-state index contributed by atoms with van der Waals surface area (Å²) in [6.07, 6.45) is 1.36. The van der Waals surface area contributed by atoms with Gasteiger partial charge in [-0.25, -0.2) is 8.42 Å². The number of hydrogen-bond acceptors (Lipinski definition) is 7. The first-order valence-electron chi connectivity index (χ1n) is 9.83. The van der Waals surface area contributed by atoms with Gasteiger partial charge in [0, 0.05) is 18.8 Å². The molecular weight excluding hydrogens is 426 g/mol. The largest absolute Gasteiger partial charge is 0.492 e. The summed E-state index contributed by atoms with van der Waals surface area (Å²) in [5.74, 6) is -0.764. The maximum Gasteiger partial charge on any atom is 0.287 e. The Labute approximate surface area is 180 Å². The Morgan fingerprint density at radius 3 is 2.61 bits per heavy atom. The van der Waals surface area contributed by atoms with E-state index in [0.717, 1.165) is 0 Å². The number of carbonyl (C=O) groups is 2. The minimum atomic E-state index is -3.85. The van der Waals surface area contributed by atoms with Gasteiger partial charge in [0.05, 0.1) is 26.1 Å². The summed E-state index contributed by atoms with van der Waals surface area (Å²) in [4.78, 5) is 24.5. The van der Waals surface area contributed by atoms with E-state index in [-0.39, 0.29) is 41.8 Å². The number of amides is 2. The second kappa shape index (κ2) is 9.94. The first-order valence-corrected chi connectivity index (χ1v) is 11.3. The van der Waals surface area contributed by atoms with Crippen LogP contribution in [0, 0.1) is 0 Å². The number of benzene rings is 1. The molecule has 2 N–H and O–H groups in total. The predicted molar refractivity (Wildman–Crippen MR) is 111 cm³/mol. The quantitative estimate of drug-likeness (QED) is 0.622. The summed E-state index contributed by atoms with van der Waals surface area (Å²) >= 11 is 0. The number of sulfonamides is 1. The Bertz CT molecular complexity index is 1020. The van der Waals surface area contributed by atoms with E-state index in [2.05, 4.69) is 10.6 Å². The molecule has 0 aliphatic carbocycles. The molecule has 1 fully saturated rings. The topological polar surface area (TPSA) is 127 Å². The Hall–Kier alpha value is -2.89. The van der Waals surface area contributed by atoms with Gasteiger partial charge in [0.2, 0.25) is 15.9 Å². The fourth-order valence-electron chi connectivity index (χ4n) is 2.98. The van der Waals surface area contributed by atoms with Crippen molar-refractivity contribution in [1.29, 1.82) is 0 Å². The Kier molecular flexibility index (Phi) is 7.31. The maximum atomic E-state index is 13.1. The number of nitrogens with zero attached hydrogens (tertiary/aromatic N) is 1. The van der Waals surface area contributed by atoms with Gasteiger partial charge in [-0.3, -0.25) is 9.59 Å². The van der Waals surface area contributed by atoms with E-state index >= 15 is 0 Å². The number of carbonyl (C=O) groups excluding carboxylic acids is 2. The van der Waals surface area contributed by atoms with Crippen molar-refractivity contribution in [2.24, 2.45) is 0 Å². The third-order valence-electron chi connectivity index (χ3n) is 4.58. The van der Waals surface area contributed by atoms with E-state index in [1.807, 2.05) is 0 Å². The van der Waals surface area contributed by atoms with Gasteiger partial charge in [0.25, 0.3) is 5.91 Å². The number of hydrogen-bond donors (Lipinski definition) is 2. The van der Waals surface area contributed by atoms with Crippen LogP contribution in [0.4, 0.5) is 5.69 Å². The van der Waals surface area contributed by atoms with Crippen LogP contribution >= 0.6 is 0 Å². The average Bonchev–Trinajstić information content (AvgIpc) is 3.30. The number of anilines is 1. The van der Waals surface area contributed by atoms with Crippen LogP contribution in [0.2, 0.25) is 0 Å². The van der Waals surface area contributed by atoms with Crippen LogP contribution < -0.4 is 15.4 Å². The molecule has 1 aliphatic rings. The van der Waals surface area contributed by atoms with Crippen LogP contribution in [0.25, 0.3) is 0 Å². The van der Waals surface area contributed by atoms with Crippen molar-refractivity contribution in [3.63, 3.8) is 0 Å². The van der Waals surface area contributed by atoms with Gasteiger partial charge in [-0.2, -0.15) is 4.31 Å². The fourth-order valence-corrected chi connectivity index (χ4v) is 4.54. The first kappa shape index (κ1) is 22.8. The minimum Gasteiger partial charge on any atom is -0.492 e. The highest BCUT2D eigenvalue weighted by atomic mass is 32.2. The lowest BCUT2D eigenvalue weighted by molar-refractivity contribution is -0.117. The molecule has 0 radical (unpaired) electrons. The molecule has 0 spiro atoms. The van der Waals surface area contributed by atoms with Gasteiger partial charge in [0.1, 0.15) is 16.7 Å². The number of ether oxygens (including phenoxy) is 2. The van der Waals surface area contributed by atoms with Crippen molar-refractivity contribution in [1.82, 2.24) is 9.62 Å². The van der Waals surface area contributed by atoms with E-state index in [9.17, 15) is 18.0 Å². The molecule has 1 saturated heterocycles. The van der Waals surface area contributed by atoms with Crippen LogP contribution in [0.5, 0.6) is 5.75 Å². The molecule has 2 aromatic rings. The van der Waals surface area contributed by atoms with Gasteiger partial charge in [-0.15, -0.1) is 0 Å². The maximum absolute atomic E-state index is 13.1. The average molecular weight is 452 g/mol. The molecule has 1 aromatic carbocycles. The summed E-state index contributed by atoms with van der Waals surface area (Å²) in [6, 6.07) is 6.56. The number of rotatable bonds is 8. The lowest BCUT2D eigenvalue weighted by Crippen LogP contribution is -2.41. The molecule has 31 heavy (non-hydrogen) atoms. The SMILES string of the molecule is CCOc1ccc(NC(=O)[C@H](C)NC(=O)c2ccco2)cc1S(=O)(=O)N1CCOCC1.